The molecule has 0 bridgehead atoms. The number of nitrogens with zero attached hydrogens (tertiary/aromatic N) is 1. The van der Waals surface area contributed by atoms with Crippen molar-refractivity contribution in [1.82, 2.24) is 0 Å². The Balaban J connectivity index is 2.76. The lowest BCUT2D eigenvalue weighted by Gasteiger charge is -2.27. The van der Waals surface area contributed by atoms with Gasteiger partial charge in [-0.2, -0.15) is 0 Å². The first-order valence-corrected chi connectivity index (χ1v) is 6.38. The lowest BCUT2D eigenvalue weighted by molar-refractivity contribution is -0.111. The maximum absolute atomic E-state index is 11.4. The van der Waals surface area contributed by atoms with Crippen LogP contribution in [0.3, 0.4) is 0 Å². The monoisotopic (exact) mass is 246 g/mol. The van der Waals surface area contributed by atoms with Crippen molar-refractivity contribution in [2.24, 2.45) is 0 Å². The molecule has 3 nitrogen and oxygen atoms in total. The van der Waals surface area contributed by atoms with Gasteiger partial charge in [0.25, 0.3) is 0 Å². The second kappa shape index (κ2) is 6.84. The Hall–Kier alpha value is -1.77. The minimum Gasteiger partial charge on any atom is -0.369 e. The van der Waals surface area contributed by atoms with E-state index < -0.39 is 0 Å². The van der Waals surface area contributed by atoms with Gasteiger partial charge in [-0.25, -0.2) is 0 Å². The molecule has 0 atom stereocenters. The van der Waals surface area contributed by atoms with Crippen LogP contribution in [0, 0.1) is 0 Å². The molecular weight excluding hydrogens is 224 g/mol. The van der Waals surface area contributed by atoms with Crippen LogP contribution in [0.15, 0.2) is 36.4 Å². The van der Waals surface area contributed by atoms with Crippen molar-refractivity contribution < 1.29 is 4.79 Å². The lowest BCUT2D eigenvalue weighted by Crippen LogP contribution is -2.30. The summed E-state index contributed by atoms with van der Waals surface area (Å²) in [6.07, 6.45) is 3.24. The molecule has 0 aliphatic rings. The Labute approximate surface area is 109 Å². The summed E-state index contributed by atoms with van der Waals surface area (Å²) in [5.41, 5.74) is 2.00. The fraction of sp³-hybridized carbons (Fsp3) is 0.400. The van der Waals surface area contributed by atoms with Gasteiger partial charge in [0.05, 0.1) is 0 Å². The Morgan fingerprint density at radius 2 is 1.94 bits per heavy atom. The second-order valence-corrected chi connectivity index (χ2v) is 4.42. The summed E-state index contributed by atoms with van der Waals surface area (Å²) < 4.78 is 0. The molecule has 0 heterocycles. The Kier molecular flexibility index (Phi) is 5.43. The summed E-state index contributed by atoms with van der Waals surface area (Å²) in [6.45, 7) is 9.28. The molecule has 0 aliphatic carbocycles. The first-order valence-electron chi connectivity index (χ1n) is 6.38. The number of carbonyl (C=O) groups excluding carboxylic acids is 1. The van der Waals surface area contributed by atoms with Crippen LogP contribution < -0.4 is 10.2 Å². The van der Waals surface area contributed by atoms with Gasteiger partial charge in [-0.05, 0) is 58.0 Å². The number of hydrogen-bond acceptors (Lipinski definition) is 2. The zero-order valence-corrected chi connectivity index (χ0v) is 11.6. The van der Waals surface area contributed by atoms with Crippen LogP contribution in [0.1, 0.15) is 27.7 Å². The van der Waals surface area contributed by atoms with E-state index >= 15 is 0 Å². The summed E-state index contributed by atoms with van der Waals surface area (Å²) in [5, 5.41) is 2.81. The third-order valence-corrected chi connectivity index (χ3v) is 2.75. The fourth-order valence-electron chi connectivity index (χ4n) is 1.92. The summed E-state index contributed by atoms with van der Waals surface area (Å²) in [6, 6.07) is 8.41. The van der Waals surface area contributed by atoms with Gasteiger partial charge < -0.3 is 10.2 Å². The van der Waals surface area contributed by atoms with Crippen LogP contribution in [0.4, 0.5) is 11.4 Å². The van der Waals surface area contributed by atoms with Crippen LogP contribution in [0.5, 0.6) is 0 Å². The summed E-state index contributed by atoms with van der Waals surface area (Å²) in [7, 11) is 0. The number of allylic oxidation sites excluding steroid dienone is 1. The first kappa shape index (κ1) is 14.3. The second-order valence-electron chi connectivity index (χ2n) is 4.42. The van der Waals surface area contributed by atoms with Gasteiger partial charge in [-0.3, -0.25) is 4.79 Å². The van der Waals surface area contributed by atoms with Gasteiger partial charge in [0.2, 0.25) is 5.91 Å². The van der Waals surface area contributed by atoms with Crippen molar-refractivity contribution in [3.63, 3.8) is 0 Å². The molecule has 1 rings (SSSR count). The van der Waals surface area contributed by atoms with Crippen molar-refractivity contribution in [1.29, 1.82) is 0 Å². The SMILES string of the molecule is CC=CC(=O)Nc1ccc(N(CC)C(C)C)cc1. The van der Waals surface area contributed by atoms with Gasteiger partial charge in [0.1, 0.15) is 0 Å². The molecule has 0 saturated heterocycles. The number of nitrogens with one attached hydrogen (secondary N) is 1. The Morgan fingerprint density at radius 3 is 2.39 bits per heavy atom. The van der Waals surface area contributed by atoms with Crippen molar-refractivity contribution in [3.8, 4) is 0 Å². The molecule has 1 aromatic rings. The van der Waals surface area contributed by atoms with E-state index in [1.165, 1.54) is 11.8 Å². The van der Waals surface area contributed by atoms with E-state index in [1.807, 2.05) is 31.2 Å². The van der Waals surface area contributed by atoms with Gasteiger partial charge in [-0.1, -0.05) is 6.08 Å². The van der Waals surface area contributed by atoms with E-state index in [4.69, 9.17) is 0 Å². The van der Waals surface area contributed by atoms with Crippen molar-refractivity contribution in [2.75, 3.05) is 16.8 Å². The molecule has 3 heteroatoms. The minimum absolute atomic E-state index is 0.0959. The number of rotatable bonds is 5. The zero-order valence-electron chi connectivity index (χ0n) is 11.6. The highest BCUT2D eigenvalue weighted by Gasteiger charge is 2.07. The molecule has 18 heavy (non-hydrogen) atoms. The topological polar surface area (TPSA) is 32.3 Å². The quantitative estimate of drug-likeness (QED) is 0.807. The first-order chi connectivity index (χ1) is 8.58. The Bertz CT molecular complexity index is 407. The van der Waals surface area contributed by atoms with Crippen molar-refractivity contribution in [2.45, 2.75) is 33.7 Å². The predicted molar refractivity (Wildman–Crippen MR) is 78.0 cm³/mol. The van der Waals surface area contributed by atoms with E-state index in [-0.39, 0.29) is 5.91 Å². The lowest BCUT2D eigenvalue weighted by atomic mass is 10.2. The third-order valence-electron chi connectivity index (χ3n) is 2.75. The highest BCUT2D eigenvalue weighted by atomic mass is 16.1. The van der Waals surface area contributed by atoms with Crippen LogP contribution in [-0.2, 0) is 4.79 Å². The van der Waals surface area contributed by atoms with Crippen LogP contribution in [-0.4, -0.2) is 18.5 Å². The minimum atomic E-state index is -0.0959. The summed E-state index contributed by atoms with van der Waals surface area (Å²) in [5.74, 6) is -0.0959. The largest absolute Gasteiger partial charge is 0.369 e. The molecule has 0 aromatic heterocycles. The third kappa shape index (κ3) is 3.91. The van der Waals surface area contributed by atoms with Crippen LogP contribution in [0.25, 0.3) is 0 Å². The van der Waals surface area contributed by atoms with Crippen LogP contribution in [0.2, 0.25) is 0 Å². The van der Waals surface area contributed by atoms with Gasteiger partial charge in [0, 0.05) is 24.0 Å². The average Bonchev–Trinajstić information content (AvgIpc) is 2.32. The molecule has 0 unspecified atom stereocenters. The van der Waals surface area contributed by atoms with E-state index in [0.717, 1.165) is 12.2 Å². The number of anilines is 2. The van der Waals surface area contributed by atoms with E-state index in [1.54, 1.807) is 6.08 Å². The molecule has 98 valence electrons. The molecule has 0 spiro atoms. The maximum Gasteiger partial charge on any atom is 0.248 e. The van der Waals surface area contributed by atoms with Gasteiger partial charge >= 0.3 is 0 Å². The van der Waals surface area contributed by atoms with Gasteiger partial charge in [0.15, 0.2) is 0 Å². The van der Waals surface area contributed by atoms with Crippen molar-refractivity contribution in [3.05, 3.63) is 36.4 Å². The number of carbonyl (C=O) groups is 1. The average molecular weight is 246 g/mol. The molecule has 0 fully saturated rings. The number of benzene rings is 1. The molecule has 0 aliphatic heterocycles. The van der Waals surface area contributed by atoms with Gasteiger partial charge in [-0.15, -0.1) is 0 Å². The van der Waals surface area contributed by atoms with E-state index in [9.17, 15) is 4.79 Å². The predicted octanol–water partition coefficient (Wildman–Crippen LogP) is 3.44. The van der Waals surface area contributed by atoms with Crippen LogP contribution >= 0.6 is 0 Å². The maximum atomic E-state index is 11.4. The fourth-order valence-corrected chi connectivity index (χ4v) is 1.92. The summed E-state index contributed by atoms with van der Waals surface area (Å²) >= 11 is 0. The molecule has 1 N–H and O–H groups in total. The normalized spacial score (nSPS) is 10.9. The number of hydrogen-bond donors (Lipinski definition) is 1. The zero-order chi connectivity index (χ0) is 13.5. The highest BCUT2D eigenvalue weighted by molar-refractivity contribution is 5.99. The molecule has 1 aromatic carbocycles. The van der Waals surface area contributed by atoms with E-state index in [2.05, 4.69) is 31.0 Å². The standard InChI is InChI=1S/C15H22N2O/c1-5-7-15(18)16-13-8-10-14(11-9-13)17(6-2)12(3)4/h5,7-12H,6H2,1-4H3,(H,16,18). The summed E-state index contributed by atoms with van der Waals surface area (Å²) in [4.78, 5) is 13.7. The molecule has 1 amide bonds. The van der Waals surface area contributed by atoms with E-state index in [0.29, 0.717) is 6.04 Å². The smallest absolute Gasteiger partial charge is 0.248 e. The molecule has 0 radical (unpaired) electrons. The molecule has 0 saturated carbocycles. The number of amides is 1. The highest BCUT2D eigenvalue weighted by Crippen LogP contribution is 2.19. The molecular formula is C15H22N2O. The van der Waals surface area contributed by atoms with Crippen molar-refractivity contribution >= 4 is 17.3 Å². The Morgan fingerprint density at radius 1 is 1.33 bits per heavy atom.